The first-order valence-corrected chi connectivity index (χ1v) is 6.43. The van der Waals surface area contributed by atoms with Gasteiger partial charge in [-0.25, -0.2) is 9.37 Å². The molecule has 0 fully saturated rings. The lowest BCUT2D eigenvalue weighted by atomic mass is 10.2. The molecule has 0 bridgehead atoms. The molecule has 0 aliphatic rings. The van der Waals surface area contributed by atoms with Crippen molar-refractivity contribution in [1.82, 2.24) is 10.3 Å². The molecular weight excluding hydrogens is 289 g/mol. The van der Waals surface area contributed by atoms with Crippen LogP contribution in [0, 0.1) is 5.82 Å². The van der Waals surface area contributed by atoms with Crippen LogP contribution < -0.4 is 15.4 Å². The number of amides is 2. The first-order chi connectivity index (χ1) is 10.6. The highest BCUT2D eigenvalue weighted by molar-refractivity contribution is 6.39. The lowest BCUT2D eigenvalue weighted by molar-refractivity contribution is -0.136. The van der Waals surface area contributed by atoms with E-state index in [0.29, 0.717) is 17.1 Å². The number of hydrogen-bond acceptors (Lipinski definition) is 4. The predicted molar refractivity (Wildman–Crippen MR) is 77.7 cm³/mol. The maximum Gasteiger partial charge on any atom is 0.313 e. The number of carbonyl (C=O) groups excluding carboxylic acids is 2. The van der Waals surface area contributed by atoms with Crippen LogP contribution in [0.3, 0.4) is 0 Å². The maximum absolute atomic E-state index is 13.4. The Labute approximate surface area is 126 Å². The summed E-state index contributed by atoms with van der Waals surface area (Å²) >= 11 is 0. The van der Waals surface area contributed by atoms with Crippen LogP contribution in [0.15, 0.2) is 42.6 Å². The minimum absolute atomic E-state index is 0.0697. The van der Waals surface area contributed by atoms with E-state index in [9.17, 15) is 14.0 Å². The number of methoxy groups -OCH3 is 1. The molecule has 1 heterocycles. The Kier molecular flexibility index (Phi) is 5.02. The molecule has 2 amide bonds. The number of nitrogens with zero attached hydrogens (tertiary/aromatic N) is 1. The van der Waals surface area contributed by atoms with Crippen LogP contribution in [-0.4, -0.2) is 23.9 Å². The van der Waals surface area contributed by atoms with E-state index in [1.54, 1.807) is 24.3 Å². The van der Waals surface area contributed by atoms with Gasteiger partial charge in [-0.2, -0.15) is 0 Å². The number of rotatable bonds is 4. The van der Waals surface area contributed by atoms with Gasteiger partial charge in [-0.1, -0.05) is 18.2 Å². The smallest absolute Gasteiger partial charge is 0.313 e. The molecule has 22 heavy (non-hydrogen) atoms. The first kappa shape index (κ1) is 15.4. The van der Waals surface area contributed by atoms with E-state index >= 15 is 0 Å². The van der Waals surface area contributed by atoms with Crippen molar-refractivity contribution in [2.24, 2.45) is 0 Å². The number of carbonyl (C=O) groups is 2. The molecule has 0 saturated heterocycles. The minimum atomic E-state index is -0.862. The fraction of sp³-hybridized carbons (Fsp3) is 0.133. The van der Waals surface area contributed by atoms with Gasteiger partial charge in [0.2, 0.25) is 5.88 Å². The molecule has 7 heteroatoms. The van der Waals surface area contributed by atoms with E-state index in [1.807, 2.05) is 0 Å². The Balaban J connectivity index is 1.89. The number of ether oxygens (including phenoxy) is 1. The van der Waals surface area contributed by atoms with Gasteiger partial charge >= 0.3 is 11.8 Å². The van der Waals surface area contributed by atoms with Crippen LogP contribution in [-0.2, 0) is 16.1 Å². The first-order valence-electron chi connectivity index (χ1n) is 6.43. The van der Waals surface area contributed by atoms with E-state index in [2.05, 4.69) is 15.6 Å². The third-order valence-electron chi connectivity index (χ3n) is 2.81. The lowest BCUT2D eigenvalue weighted by Gasteiger charge is -2.07. The Morgan fingerprint density at radius 3 is 2.59 bits per heavy atom. The Morgan fingerprint density at radius 2 is 1.95 bits per heavy atom. The molecule has 0 radical (unpaired) electrons. The van der Waals surface area contributed by atoms with Crippen molar-refractivity contribution < 1.29 is 18.7 Å². The average molecular weight is 303 g/mol. The molecule has 1 aromatic heterocycles. The number of hydrogen-bond donors (Lipinski definition) is 2. The van der Waals surface area contributed by atoms with E-state index in [1.165, 1.54) is 25.4 Å². The summed E-state index contributed by atoms with van der Waals surface area (Å²) in [7, 11) is 1.47. The molecule has 6 nitrogen and oxygen atoms in total. The van der Waals surface area contributed by atoms with Crippen LogP contribution in [0.5, 0.6) is 5.88 Å². The zero-order chi connectivity index (χ0) is 15.9. The molecule has 0 spiro atoms. The second-order valence-electron chi connectivity index (χ2n) is 4.32. The largest absolute Gasteiger partial charge is 0.481 e. The van der Waals surface area contributed by atoms with E-state index < -0.39 is 17.6 Å². The maximum atomic E-state index is 13.4. The highest BCUT2D eigenvalue weighted by Gasteiger charge is 2.14. The average Bonchev–Trinajstić information content (AvgIpc) is 2.54. The van der Waals surface area contributed by atoms with Gasteiger partial charge in [-0.15, -0.1) is 0 Å². The van der Waals surface area contributed by atoms with Gasteiger partial charge < -0.3 is 15.4 Å². The van der Waals surface area contributed by atoms with Crippen molar-refractivity contribution >= 4 is 17.5 Å². The van der Waals surface area contributed by atoms with Crippen molar-refractivity contribution in [2.75, 3.05) is 12.4 Å². The predicted octanol–water partition coefficient (Wildman–Crippen LogP) is 1.48. The molecule has 0 unspecified atom stereocenters. The number of halogens is 1. The third-order valence-corrected chi connectivity index (χ3v) is 2.81. The zero-order valence-electron chi connectivity index (χ0n) is 11.8. The summed E-state index contributed by atoms with van der Waals surface area (Å²) in [5, 5.41) is 4.73. The second kappa shape index (κ2) is 7.16. The number of aromatic nitrogens is 1. The molecule has 1 aromatic carbocycles. The Morgan fingerprint density at radius 1 is 1.18 bits per heavy atom. The van der Waals surface area contributed by atoms with Gasteiger partial charge in [0.1, 0.15) is 5.82 Å². The standard InChI is InChI=1S/C15H14FN3O3/c1-22-13-7-6-11(9-17-13)19-15(21)14(20)18-8-10-4-2-3-5-12(10)16/h2-7,9H,8H2,1H3,(H,18,20)(H,19,21). The molecule has 0 saturated carbocycles. The Bertz CT molecular complexity index is 674. The van der Waals surface area contributed by atoms with Crippen LogP contribution in [0.2, 0.25) is 0 Å². The Hall–Kier alpha value is -2.96. The summed E-state index contributed by atoms with van der Waals surface area (Å²) in [6, 6.07) is 9.10. The molecular formula is C15H14FN3O3. The van der Waals surface area contributed by atoms with Crippen LogP contribution in [0.1, 0.15) is 5.56 Å². The van der Waals surface area contributed by atoms with E-state index in [0.717, 1.165) is 0 Å². The number of nitrogens with one attached hydrogen (secondary N) is 2. The fourth-order valence-electron chi connectivity index (χ4n) is 1.66. The van der Waals surface area contributed by atoms with Crippen molar-refractivity contribution in [3.05, 3.63) is 54.0 Å². The number of benzene rings is 1. The lowest BCUT2D eigenvalue weighted by Crippen LogP contribution is -2.35. The second-order valence-corrected chi connectivity index (χ2v) is 4.32. The quantitative estimate of drug-likeness (QED) is 0.839. The van der Waals surface area contributed by atoms with E-state index in [4.69, 9.17) is 4.74 Å². The van der Waals surface area contributed by atoms with Gasteiger partial charge in [-0.3, -0.25) is 9.59 Å². The molecule has 2 aromatic rings. The molecule has 2 rings (SSSR count). The minimum Gasteiger partial charge on any atom is -0.481 e. The summed E-state index contributed by atoms with van der Waals surface area (Å²) in [4.78, 5) is 27.3. The SMILES string of the molecule is COc1ccc(NC(=O)C(=O)NCc2ccccc2F)cn1. The molecule has 114 valence electrons. The summed E-state index contributed by atoms with van der Waals surface area (Å²) < 4.78 is 18.3. The molecule has 0 aliphatic carbocycles. The van der Waals surface area contributed by atoms with Gasteiger partial charge in [-0.05, 0) is 12.1 Å². The van der Waals surface area contributed by atoms with Crippen LogP contribution in [0.25, 0.3) is 0 Å². The zero-order valence-corrected chi connectivity index (χ0v) is 11.8. The summed E-state index contributed by atoms with van der Waals surface area (Å²) in [6.45, 7) is -0.0697. The van der Waals surface area contributed by atoms with E-state index in [-0.39, 0.29) is 6.54 Å². The topological polar surface area (TPSA) is 80.3 Å². The van der Waals surface area contributed by atoms with Gasteiger partial charge in [0.15, 0.2) is 0 Å². The third kappa shape index (κ3) is 4.02. The molecule has 2 N–H and O–H groups in total. The summed E-state index contributed by atoms with van der Waals surface area (Å²) in [5.41, 5.74) is 0.654. The monoisotopic (exact) mass is 303 g/mol. The molecule has 0 aliphatic heterocycles. The van der Waals surface area contributed by atoms with Crippen LogP contribution in [0.4, 0.5) is 10.1 Å². The van der Waals surface area contributed by atoms with Crippen molar-refractivity contribution in [3.8, 4) is 5.88 Å². The highest BCUT2D eigenvalue weighted by Crippen LogP contribution is 2.10. The fourth-order valence-corrected chi connectivity index (χ4v) is 1.66. The van der Waals surface area contributed by atoms with Crippen molar-refractivity contribution in [3.63, 3.8) is 0 Å². The highest BCUT2D eigenvalue weighted by atomic mass is 19.1. The van der Waals surface area contributed by atoms with Crippen molar-refractivity contribution in [1.29, 1.82) is 0 Å². The van der Waals surface area contributed by atoms with Gasteiger partial charge in [0.25, 0.3) is 0 Å². The molecule has 0 atom stereocenters. The van der Waals surface area contributed by atoms with Crippen LogP contribution >= 0.6 is 0 Å². The summed E-state index contributed by atoms with van der Waals surface area (Å²) in [5.74, 6) is -1.77. The summed E-state index contributed by atoms with van der Waals surface area (Å²) in [6.07, 6.45) is 1.36. The normalized spacial score (nSPS) is 9.91. The van der Waals surface area contributed by atoms with Crippen molar-refractivity contribution in [2.45, 2.75) is 6.54 Å². The van der Waals surface area contributed by atoms with Gasteiger partial charge in [0, 0.05) is 18.2 Å². The van der Waals surface area contributed by atoms with Gasteiger partial charge in [0.05, 0.1) is 19.0 Å². The number of anilines is 1. The number of pyridine rings is 1.